The van der Waals surface area contributed by atoms with Crippen LogP contribution in [0.1, 0.15) is 19.0 Å². The maximum atomic E-state index is 5.99. The van der Waals surface area contributed by atoms with Gasteiger partial charge in [-0.2, -0.15) is 0 Å². The van der Waals surface area contributed by atoms with Gasteiger partial charge in [0.25, 0.3) is 0 Å². The molecule has 0 saturated heterocycles. The lowest BCUT2D eigenvalue weighted by Crippen LogP contribution is -2.04. The Morgan fingerprint density at radius 1 is 1.54 bits per heavy atom. The lowest BCUT2D eigenvalue weighted by molar-refractivity contribution is 0.396. The average Bonchev–Trinajstić information content (AvgIpc) is 2.18. The van der Waals surface area contributed by atoms with Gasteiger partial charge >= 0.3 is 0 Å². The molecule has 0 spiro atoms. The average molecular weight is 201 g/mol. The standard InChI is InChI=1S/C9H13ClN2O/c1-3-7(10)4-8-5-9(13-2)12-6-11-8/h5-7H,3-4H2,1-2H3. The smallest absolute Gasteiger partial charge is 0.216 e. The van der Waals surface area contributed by atoms with Crippen molar-refractivity contribution < 1.29 is 4.74 Å². The number of rotatable bonds is 4. The zero-order chi connectivity index (χ0) is 9.68. The van der Waals surface area contributed by atoms with Crippen LogP contribution in [0, 0.1) is 0 Å². The van der Waals surface area contributed by atoms with Gasteiger partial charge in [-0.3, -0.25) is 0 Å². The minimum absolute atomic E-state index is 0.139. The number of methoxy groups -OCH3 is 1. The Balaban J connectivity index is 2.66. The van der Waals surface area contributed by atoms with Crippen molar-refractivity contribution in [1.82, 2.24) is 9.97 Å². The molecule has 1 atom stereocenters. The molecular weight excluding hydrogens is 188 g/mol. The third-order valence-corrected chi connectivity index (χ3v) is 2.24. The molecule has 4 heteroatoms. The summed E-state index contributed by atoms with van der Waals surface area (Å²) in [4.78, 5) is 8.01. The maximum Gasteiger partial charge on any atom is 0.216 e. The highest BCUT2D eigenvalue weighted by Crippen LogP contribution is 2.12. The van der Waals surface area contributed by atoms with Gasteiger partial charge in [0.15, 0.2) is 0 Å². The molecule has 0 saturated carbocycles. The number of nitrogens with zero attached hydrogens (tertiary/aromatic N) is 2. The molecule has 1 heterocycles. The van der Waals surface area contributed by atoms with Crippen LogP contribution in [0.4, 0.5) is 0 Å². The molecular formula is C9H13ClN2O. The van der Waals surface area contributed by atoms with Gasteiger partial charge in [0.05, 0.1) is 7.11 Å². The van der Waals surface area contributed by atoms with Crippen molar-refractivity contribution in [2.45, 2.75) is 25.1 Å². The van der Waals surface area contributed by atoms with Gasteiger partial charge in [0, 0.05) is 23.6 Å². The van der Waals surface area contributed by atoms with Crippen LogP contribution >= 0.6 is 11.6 Å². The van der Waals surface area contributed by atoms with Crippen molar-refractivity contribution in [2.75, 3.05) is 7.11 Å². The van der Waals surface area contributed by atoms with Crippen LogP contribution in [0.25, 0.3) is 0 Å². The summed E-state index contributed by atoms with van der Waals surface area (Å²) in [6, 6.07) is 1.81. The monoisotopic (exact) mass is 200 g/mol. The number of hydrogen-bond donors (Lipinski definition) is 0. The van der Waals surface area contributed by atoms with Crippen molar-refractivity contribution in [1.29, 1.82) is 0 Å². The summed E-state index contributed by atoms with van der Waals surface area (Å²) >= 11 is 5.99. The lowest BCUT2D eigenvalue weighted by atomic mass is 10.2. The summed E-state index contributed by atoms with van der Waals surface area (Å²) in [5, 5.41) is 0.139. The Morgan fingerprint density at radius 3 is 2.92 bits per heavy atom. The number of halogens is 1. The number of aromatic nitrogens is 2. The van der Waals surface area contributed by atoms with Crippen molar-refractivity contribution in [3.05, 3.63) is 18.1 Å². The summed E-state index contributed by atoms with van der Waals surface area (Å²) in [6.45, 7) is 2.05. The lowest BCUT2D eigenvalue weighted by Gasteiger charge is -2.05. The molecule has 0 bridgehead atoms. The molecule has 1 unspecified atom stereocenters. The van der Waals surface area contributed by atoms with E-state index in [9.17, 15) is 0 Å². The summed E-state index contributed by atoms with van der Waals surface area (Å²) in [5.41, 5.74) is 0.925. The Kier molecular flexibility index (Phi) is 3.96. The minimum atomic E-state index is 0.139. The molecule has 0 aliphatic heterocycles. The van der Waals surface area contributed by atoms with Gasteiger partial charge in [0.2, 0.25) is 5.88 Å². The summed E-state index contributed by atoms with van der Waals surface area (Å²) in [6.07, 6.45) is 3.19. The fraction of sp³-hybridized carbons (Fsp3) is 0.556. The Labute approximate surface area is 83.1 Å². The van der Waals surface area contributed by atoms with Gasteiger partial charge in [0.1, 0.15) is 6.33 Å². The van der Waals surface area contributed by atoms with Crippen LogP contribution in [0.5, 0.6) is 5.88 Å². The van der Waals surface area contributed by atoms with Crippen LogP contribution in [0.15, 0.2) is 12.4 Å². The molecule has 0 aliphatic rings. The number of hydrogen-bond acceptors (Lipinski definition) is 3. The fourth-order valence-electron chi connectivity index (χ4n) is 0.972. The van der Waals surface area contributed by atoms with Gasteiger partial charge in [-0.1, -0.05) is 6.92 Å². The zero-order valence-corrected chi connectivity index (χ0v) is 8.58. The maximum absolute atomic E-state index is 5.99. The topological polar surface area (TPSA) is 35.0 Å². The first-order valence-corrected chi connectivity index (χ1v) is 4.69. The van der Waals surface area contributed by atoms with Crippen LogP contribution < -0.4 is 4.74 Å². The van der Waals surface area contributed by atoms with E-state index in [2.05, 4.69) is 16.9 Å². The zero-order valence-electron chi connectivity index (χ0n) is 7.83. The third kappa shape index (κ3) is 3.19. The molecule has 0 aromatic carbocycles. The molecule has 3 nitrogen and oxygen atoms in total. The predicted molar refractivity (Wildman–Crippen MR) is 52.2 cm³/mol. The molecule has 0 radical (unpaired) electrons. The second-order valence-electron chi connectivity index (χ2n) is 2.76. The van der Waals surface area contributed by atoms with Crippen LogP contribution in [0.2, 0.25) is 0 Å². The van der Waals surface area contributed by atoms with E-state index in [1.54, 1.807) is 7.11 Å². The molecule has 13 heavy (non-hydrogen) atoms. The van der Waals surface area contributed by atoms with Gasteiger partial charge in [-0.15, -0.1) is 11.6 Å². The van der Waals surface area contributed by atoms with Crippen molar-refractivity contribution >= 4 is 11.6 Å². The summed E-state index contributed by atoms with van der Waals surface area (Å²) in [7, 11) is 1.59. The second kappa shape index (κ2) is 5.02. The minimum Gasteiger partial charge on any atom is -0.481 e. The van der Waals surface area contributed by atoms with Crippen molar-refractivity contribution in [3.63, 3.8) is 0 Å². The van der Waals surface area contributed by atoms with Crippen LogP contribution in [-0.2, 0) is 6.42 Å². The van der Waals surface area contributed by atoms with E-state index in [0.29, 0.717) is 5.88 Å². The third-order valence-electron chi connectivity index (χ3n) is 1.78. The second-order valence-corrected chi connectivity index (χ2v) is 3.38. The van der Waals surface area contributed by atoms with E-state index in [4.69, 9.17) is 16.3 Å². The van der Waals surface area contributed by atoms with E-state index in [0.717, 1.165) is 18.5 Å². The highest BCUT2D eigenvalue weighted by molar-refractivity contribution is 6.20. The van der Waals surface area contributed by atoms with E-state index in [1.165, 1.54) is 6.33 Å². The van der Waals surface area contributed by atoms with Gasteiger partial charge in [-0.25, -0.2) is 9.97 Å². The van der Waals surface area contributed by atoms with Gasteiger partial charge in [-0.05, 0) is 6.42 Å². The van der Waals surface area contributed by atoms with E-state index in [-0.39, 0.29) is 5.38 Å². The number of alkyl halides is 1. The van der Waals surface area contributed by atoms with Crippen molar-refractivity contribution in [3.8, 4) is 5.88 Å². The molecule has 0 N–H and O–H groups in total. The molecule has 0 aliphatic carbocycles. The molecule has 0 fully saturated rings. The first-order chi connectivity index (χ1) is 6.26. The Bertz CT molecular complexity index is 268. The van der Waals surface area contributed by atoms with Crippen molar-refractivity contribution in [2.24, 2.45) is 0 Å². The van der Waals surface area contributed by atoms with E-state index in [1.807, 2.05) is 6.07 Å². The molecule has 1 rings (SSSR count). The number of ether oxygens (including phenoxy) is 1. The normalized spacial score (nSPS) is 12.5. The molecule has 1 aromatic heterocycles. The largest absolute Gasteiger partial charge is 0.481 e. The molecule has 0 amide bonds. The van der Waals surface area contributed by atoms with Crippen LogP contribution in [-0.4, -0.2) is 22.5 Å². The predicted octanol–water partition coefficient (Wildman–Crippen LogP) is 2.05. The first-order valence-electron chi connectivity index (χ1n) is 4.25. The highest BCUT2D eigenvalue weighted by Gasteiger charge is 2.05. The molecule has 72 valence electrons. The molecule has 1 aromatic rings. The highest BCUT2D eigenvalue weighted by atomic mass is 35.5. The summed E-state index contributed by atoms with van der Waals surface area (Å²) in [5.74, 6) is 0.588. The van der Waals surface area contributed by atoms with E-state index < -0.39 is 0 Å². The van der Waals surface area contributed by atoms with E-state index >= 15 is 0 Å². The SMILES string of the molecule is CCC(Cl)Cc1cc(OC)ncn1. The quantitative estimate of drug-likeness (QED) is 0.698. The first kappa shape index (κ1) is 10.3. The Morgan fingerprint density at radius 2 is 2.31 bits per heavy atom. The summed E-state index contributed by atoms with van der Waals surface area (Å²) < 4.78 is 4.98. The Hall–Kier alpha value is -0.830. The fourth-order valence-corrected chi connectivity index (χ4v) is 1.13. The van der Waals surface area contributed by atoms with Crippen LogP contribution in [0.3, 0.4) is 0 Å². The van der Waals surface area contributed by atoms with Gasteiger partial charge < -0.3 is 4.74 Å².